The van der Waals surface area contributed by atoms with Gasteiger partial charge in [-0.1, -0.05) is 23.7 Å². The van der Waals surface area contributed by atoms with Gasteiger partial charge in [-0.15, -0.1) is 0 Å². The van der Waals surface area contributed by atoms with Gasteiger partial charge >= 0.3 is 0 Å². The minimum atomic E-state index is -0.384. The molecule has 3 rings (SSSR count). The Labute approximate surface area is 141 Å². The van der Waals surface area contributed by atoms with Crippen LogP contribution in [0.15, 0.2) is 24.3 Å². The van der Waals surface area contributed by atoms with Gasteiger partial charge in [-0.3, -0.25) is 4.79 Å². The monoisotopic (exact) mass is 338 g/mol. The van der Waals surface area contributed by atoms with Gasteiger partial charge in [-0.25, -0.2) is 0 Å². The van der Waals surface area contributed by atoms with E-state index in [2.05, 4.69) is 10.6 Å². The van der Waals surface area contributed by atoms with Gasteiger partial charge in [-0.2, -0.15) is 0 Å². The average Bonchev–Trinajstić information content (AvgIpc) is 2.53. The zero-order valence-electron chi connectivity index (χ0n) is 13.3. The predicted octanol–water partition coefficient (Wildman–Crippen LogP) is 1.39. The molecule has 1 amide bonds. The molecular formula is C17H23ClN2O3. The van der Waals surface area contributed by atoms with Crippen molar-refractivity contribution in [3.05, 3.63) is 34.9 Å². The molecule has 1 aromatic carbocycles. The molecule has 0 bridgehead atoms. The topological polar surface area (TPSA) is 59.6 Å². The van der Waals surface area contributed by atoms with Crippen LogP contribution in [-0.2, 0) is 20.7 Å². The highest BCUT2D eigenvalue weighted by atomic mass is 35.5. The van der Waals surface area contributed by atoms with Crippen molar-refractivity contribution < 1.29 is 14.3 Å². The van der Waals surface area contributed by atoms with E-state index in [1.165, 1.54) is 0 Å². The molecule has 0 saturated carbocycles. The predicted molar refractivity (Wildman–Crippen MR) is 88.6 cm³/mol. The van der Waals surface area contributed by atoms with Gasteiger partial charge in [0, 0.05) is 31.8 Å². The second-order valence-corrected chi connectivity index (χ2v) is 6.84. The number of carbonyl (C=O) groups excluding carboxylic acids is 1. The molecule has 2 atom stereocenters. The summed E-state index contributed by atoms with van der Waals surface area (Å²) in [4.78, 5) is 12.9. The van der Waals surface area contributed by atoms with Crippen LogP contribution < -0.4 is 10.6 Å². The van der Waals surface area contributed by atoms with Crippen molar-refractivity contribution in [3.8, 4) is 0 Å². The van der Waals surface area contributed by atoms with E-state index in [0.29, 0.717) is 37.7 Å². The zero-order chi connectivity index (χ0) is 16.3. The molecule has 2 fully saturated rings. The van der Waals surface area contributed by atoms with Gasteiger partial charge in [-0.05, 0) is 30.5 Å². The Kier molecular flexibility index (Phi) is 5.21. The summed E-state index contributed by atoms with van der Waals surface area (Å²) in [6.45, 7) is 2.59. The van der Waals surface area contributed by atoms with Crippen LogP contribution in [0.25, 0.3) is 0 Å². The van der Waals surface area contributed by atoms with Crippen molar-refractivity contribution >= 4 is 17.5 Å². The van der Waals surface area contributed by atoms with Crippen molar-refractivity contribution in [2.45, 2.75) is 25.0 Å². The molecule has 0 spiro atoms. The zero-order valence-corrected chi connectivity index (χ0v) is 14.1. The lowest BCUT2D eigenvalue weighted by atomic mass is 9.75. The standard InChI is InChI=1S/C17H23ClN2O3/c1-22-15-9-23-7-6-14(15)20-16(21)17(10-19-11-17)8-12-2-4-13(18)5-3-12/h2-5,14-15,19H,6-11H2,1H3,(H,20,21)/t14-,15-/m0/s1. The Morgan fingerprint density at radius 3 is 2.78 bits per heavy atom. The van der Waals surface area contributed by atoms with Crippen molar-refractivity contribution in [2.24, 2.45) is 5.41 Å². The molecule has 2 saturated heterocycles. The third-order valence-corrected chi connectivity index (χ3v) is 5.04. The van der Waals surface area contributed by atoms with Crippen molar-refractivity contribution in [3.63, 3.8) is 0 Å². The van der Waals surface area contributed by atoms with E-state index in [1.54, 1.807) is 7.11 Å². The summed E-state index contributed by atoms with van der Waals surface area (Å²) in [7, 11) is 1.66. The summed E-state index contributed by atoms with van der Waals surface area (Å²) in [5.74, 6) is 0.0974. The van der Waals surface area contributed by atoms with Crippen molar-refractivity contribution in [1.82, 2.24) is 10.6 Å². The summed E-state index contributed by atoms with van der Waals surface area (Å²) in [6.07, 6.45) is 1.42. The van der Waals surface area contributed by atoms with Crippen molar-refractivity contribution in [2.75, 3.05) is 33.4 Å². The van der Waals surface area contributed by atoms with Crippen LogP contribution in [0.3, 0.4) is 0 Å². The van der Waals surface area contributed by atoms with E-state index in [-0.39, 0.29) is 23.5 Å². The molecule has 6 heteroatoms. The second kappa shape index (κ2) is 7.18. The fraction of sp³-hybridized carbons (Fsp3) is 0.588. The lowest BCUT2D eigenvalue weighted by molar-refractivity contribution is -0.137. The van der Waals surface area contributed by atoms with Crippen LogP contribution in [0, 0.1) is 5.41 Å². The average molecular weight is 339 g/mol. The first-order valence-electron chi connectivity index (χ1n) is 8.00. The van der Waals surface area contributed by atoms with E-state index in [1.807, 2.05) is 24.3 Å². The van der Waals surface area contributed by atoms with E-state index in [9.17, 15) is 4.79 Å². The van der Waals surface area contributed by atoms with Gasteiger partial charge in [0.15, 0.2) is 0 Å². The quantitative estimate of drug-likeness (QED) is 0.852. The highest BCUT2D eigenvalue weighted by Crippen LogP contribution is 2.29. The highest BCUT2D eigenvalue weighted by Gasteiger charge is 2.45. The molecular weight excluding hydrogens is 316 g/mol. The normalized spacial score (nSPS) is 26.3. The Morgan fingerprint density at radius 2 is 2.17 bits per heavy atom. The first-order chi connectivity index (χ1) is 11.1. The lowest BCUT2D eigenvalue weighted by Crippen LogP contribution is -2.65. The maximum absolute atomic E-state index is 12.9. The summed E-state index contributed by atoms with van der Waals surface area (Å²) in [5.41, 5.74) is 0.742. The number of hydrogen-bond acceptors (Lipinski definition) is 4. The number of ether oxygens (including phenoxy) is 2. The number of hydrogen-bond donors (Lipinski definition) is 2. The summed E-state index contributed by atoms with van der Waals surface area (Å²) < 4.78 is 10.8. The first kappa shape index (κ1) is 16.7. The molecule has 2 N–H and O–H groups in total. The molecule has 0 aromatic heterocycles. The number of carbonyl (C=O) groups is 1. The molecule has 126 valence electrons. The van der Waals surface area contributed by atoms with Crippen LogP contribution in [0.1, 0.15) is 12.0 Å². The molecule has 5 nitrogen and oxygen atoms in total. The van der Waals surface area contributed by atoms with E-state index >= 15 is 0 Å². The van der Waals surface area contributed by atoms with Crippen LogP contribution in [0.5, 0.6) is 0 Å². The maximum Gasteiger partial charge on any atom is 0.229 e. The van der Waals surface area contributed by atoms with E-state index in [0.717, 1.165) is 12.0 Å². The Balaban J connectivity index is 1.67. The molecule has 0 unspecified atom stereocenters. The van der Waals surface area contributed by atoms with Gasteiger partial charge < -0.3 is 20.1 Å². The number of benzene rings is 1. The van der Waals surface area contributed by atoms with Crippen LogP contribution in [-0.4, -0.2) is 51.5 Å². The summed E-state index contributed by atoms with van der Waals surface area (Å²) in [6, 6.07) is 7.73. The van der Waals surface area contributed by atoms with Crippen molar-refractivity contribution in [1.29, 1.82) is 0 Å². The van der Waals surface area contributed by atoms with Gasteiger partial charge in [0.2, 0.25) is 5.91 Å². The molecule has 0 radical (unpaired) electrons. The van der Waals surface area contributed by atoms with Crippen LogP contribution >= 0.6 is 11.6 Å². The first-order valence-corrected chi connectivity index (χ1v) is 8.37. The minimum Gasteiger partial charge on any atom is -0.379 e. The fourth-order valence-electron chi connectivity index (χ4n) is 3.22. The lowest BCUT2D eigenvalue weighted by Gasteiger charge is -2.43. The fourth-order valence-corrected chi connectivity index (χ4v) is 3.34. The smallest absolute Gasteiger partial charge is 0.229 e. The van der Waals surface area contributed by atoms with E-state index in [4.69, 9.17) is 21.1 Å². The maximum atomic E-state index is 12.9. The third kappa shape index (κ3) is 3.69. The third-order valence-electron chi connectivity index (χ3n) is 4.79. The Hall–Kier alpha value is -1.14. The molecule has 1 aromatic rings. The SMILES string of the molecule is CO[C@H]1COCC[C@@H]1NC(=O)C1(Cc2ccc(Cl)cc2)CNC1. The number of nitrogens with one attached hydrogen (secondary N) is 2. The number of halogens is 1. The summed E-state index contributed by atoms with van der Waals surface area (Å²) >= 11 is 5.94. The molecule has 2 aliphatic heterocycles. The van der Waals surface area contributed by atoms with E-state index < -0.39 is 0 Å². The number of rotatable bonds is 5. The van der Waals surface area contributed by atoms with Gasteiger partial charge in [0.05, 0.1) is 18.1 Å². The van der Waals surface area contributed by atoms with Gasteiger partial charge in [0.1, 0.15) is 6.10 Å². The van der Waals surface area contributed by atoms with Gasteiger partial charge in [0.25, 0.3) is 0 Å². The Bertz CT molecular complexity index is 545. The minimum absolute atomic E-state index is 0.0175. The number of amides is 1. The molecule has 0 aliphatic carbocycles. The second-order valence-electron chi connectivity index (χ2n) is 6.40. The molecule has 2 aliphatic rings. The molecule has 23 heavy (non-hydrogen) atoms. The number of methoxy groups -OCH3 is 1. The highest BCUT2D eigenvalue weighted by molar-refractivity contribution is 6.30. The molecule has 2 heterocycles. The van der Waals surface area contributed by atoms with Crippen LogP contribution in [0.4, 0.5) is 0 Å². The largest absolute Gasteiger partial charge is 0.379 e. The summed E-state index contributed by atoms with van der Waals surface area (Å²) in [5, 5.41) is 7.13. The Morgan fingerprint density at radius 1 is 1.43 bits per heavy atom. The van der Waals surface area contributed by atoms with Crippen LogP contribution in [0.2, 0.25) is 5.02 Å².